The molecule has 0 aromatic rings. The molecule has 17 unspecified atom stereocenters. The Morgan fingerprint density at radius 2 is 0.767 bits per heavy atom. The number of aliphatic hydroxyl groups is 11. The molecule has 1 amide bonds. The molecule has 0 aromatic heterocycles. The summed E-state index contributed by atoms with van der Waals surface area (Å²) >= 11 is 0. The van der Waals surface area contributed by atoms with Crippen LogP contribution >= 0.6 is 0 Å². The first kappa shape index (κ1) is 81.2. The van der Waals surface area contributed by atoms with E-state index >= 15 is 0 Å². The van der Waals surface area contributed by atoms with E-state index in [1.807, 2.05) is 0 Å². The number of hydrogen-bond acceptors (Lipinski definition) is 18. The number of ether oxygens (including phenoxy) is 6. The average molecular weight is 1280 g/mol. The summed E-state index contributed by atoms with van der Waals surface area (Å²) < 4.78 is 34.4. The van der Waals surface area contributed by atoms with Crippen LogP contribution in [0.4, 0.5) is 0 Å². The minimum Gasteiger partial charge on any atom is -0.394 e. The van der Waals surface area contributed by atoms with Gasteiger partial charge in [0, 0.05) is 6.42 Å². The number of aliphatic hydroxyl groups excluding tert-OH is 11. The highest BCUT2D eigenvalue weighted by atomic mass is 16.8. The Hall–Kier alpha value is -3.03. The molecule has 3 fully saturated rings. The van der Waals surface area contributed by atoms with E-state index in [1.165, 1.54) is 89.9 Å². The van der Waals surface area contributed by atoms with Crippen molar-refractivity contribution in [1.29, 1.82) is 0 Å². The summed E-state index contributed by atoms with van der Waals surface area (Å²) in [7, 11) is 0. The fourth-order valence-corrected chi connectivity index (χ4v) is 11.4. The van der Waals surface area contributed by atoms with Gasteiger partial charge in [0.2, 0.25) is 5.91 Å². The molecule has 19 heteroatoms. The van der Waals surface area contributed by atoms with Gasteiger partial charge in [-0.25, -0.2) is 0 Å². The van der Waals surface area contributed by atoms with Crippen LogP contribution in [0.3, 0.4) is 0 Å². The Labute approximate surface area is 540 Å². The molecule has 0 radical (unpaired) electrons. The van der Waals surface area contributed by atoms with Gasteiger partial charge in [-0.15, -0.1) is 0 Å². The highest BCUT2D eigenvalue weighted by molar-refractivity contribution is 5.76. The first-order chi connectivity index (χ1) is 43.8. The van der Waals surface area contributed by atoms with Crippen LogP contribution in [0.25, 0.3) is 0 Å². The molecular formula is C71H123NO18. The maximum absolute atomic E-state index is 13.4. The van der Waals surface area contributed by atoms with Crippen LogP contribution < -0.4 is 5.32 Å². The molecule has 520 valence electrons. The second-order valence-electron chi connectivity index (χ2n) is 24.6. The van der Waals surface area contributed by atoms with Gasteiger partial charge >= 0.3 is 0 Å². The van der Waals surface area contributed by atoms with Crippen molar-refractivity contribution in [2.75, 3.05) is 26.4 Å². The van der Waals surface area contributed by atoms with Gasteiger partial charge in [-0.3, -0.25) is 4.79 Å². The molecule has 3 aliphatic heterocycles. The lowest BCUT2D eigenvalue weighted by molar-refractivity contribution is -0.379. The number of carbonyl (C=O) groups is 1. The fraction of sp³-hybridized carbons (Fsp3) is 0.789. The topological polar surface area (TPSA) is 307 Å². The quantitative estimate of drug-likeness (QED) is 0.0200. The zero-order chi connectivity index (χ0) is 65.4. The van der Waals surface area contributed by atoms with Gasteiger partial charge in [-0.1, -0.05) is 234 Å². The Bertz CT molecular complexity index is 1960. The number of amides is 1. The summed E-state index contributed by atoms with van der Waals surface area (Å²) in [4.78, 5) is 13.4. The van der Waals surface area contributed by atoms with E-state index in [0.29, 0.717) is 12.8 Å². The van der Waals surface area contributed by atoms with E-state index in [9.17, 15) is 61.0 Å². The summed E-state index contributed by atoms with van der Waals surface area (Å²) in [5.74, 6) is -0.253. The minimum absolute atomic E-state index is 0.253. The first-order valence-corrected chi connectivity index (χ1v) is 34.8. The van der Waals surface area contributed by atoms with Crippen molar-refractivity contribution in [2.45, 2.75) is 330 Å². The molecule has 0 spiro atoms. The average Bonchev–Trinajstić information content (AvgIpc) is 0.908. The maximum atomic E-state index is 13.4. The summed E-state index contributed by atoms with van der Waals surface area (Å²) in [6, 6.07) is -0.896. The third-order valence-electron chi connectivity index (χ3n) is 17.0. The maximum Gasteiger partial charge on any atom is 0.220 e. The van der Waals surface area contributed by atoms with Crippen molar-refractivity contribution < 1.29 is 89.4 Å². The predicted molar refractivity (Wildman–Crippen MR) is 351 cm³/mol. The molecule has 3 aliphatic rings. The van der Waals surface area contributed by atoms with E-state index in [1.54, 1.807) is 0 Å². The summed E-state index contributed by atoms with van der Waals surface area (Å²) in [5.41, 5.74) is 0. The second kappa shape index (κ2) is 52.3. The van der Waals surface area contributed by atoms with Crippen LogP contribution in [0.1, 0.15) is 226 Å². The SMILES string of the molecule is CC/C=C\C/C=C\C/C=C\C/C=C\C/C=C\C/C=C\C/C=C\CCCCCCCCCCCC(=O)NC(COC1OC(CO)C(OC2OC(CO)C(OC3OC(CO)C(O)C(O)C3O)C(O)C2O)C(O)C1O)C(O)CCCCCCCCCCCCCCCC. The number of hydrogen-bond donors (Lipinski definition) is 12. The number of rotatable bonds is 52. The molecule has 0 saturated carbocycles. The zero-order valence-corrected chi connectivity index (χ0v) is 54.8. The second-order valence-corrected chi connectivity index (χ2v) is 24.6. The van der Waals surface area contributed by atoms with Crippen molar-refractivity contribution in [3.8, 4) is 0 Å². The van der Waals surface area contributed by atoms with Crippen LogP contribution in [-0.4, -0.2) is 193 Å². The van der Waals surface area contributed by atoms with Gasteiger partial charge < -0.3 is 89.9 Å². The number of allylic oxidation sites excluding steroid dienone is 14. The number of carbonyl (C=O) groups excluding carboxylic acids is 1. The molecule has 12 N–H and O–H groups in total. The van der Waals surface area contributed by atoms with Crippen LogP contribution in [0.15, 0.2) is 85.1 Å². The van der Waals surface area contributed by atoms with E-state index < -0.39 is 124 Å². The van der Waals surface area contributed by atoms with Gasteiger partial charge in [0.1, 0.15) is 73.2 Å². The molecule has 3 heterocycles. The van der Waals surface area contributed by atoms with E-state index in [-0.39, 0.29) is 18.9 Å². The summed E-state index contributed by atoms with van der Waals surface area (Å²) in [5, 5.41) is 121. The molecular weight excluding hydrogens is 1150 g/mol. The number of unbranched alkanes of at least 4 members (excludes halogenated alkanes) is 22. The zero-order valence-electron chi connectivity index (χ0n) is 54.8. The van der Waals surface area contributed by atoms with E-state index in [4.69, 9.17) is 28.4 Å². The van der Waals surface area contributed by atoms with Gasteiger partial charge in [0.05, 0.1) is 38.6 Å². The molecule has 0 bridgehead atoms. The van der Waals surface area contributed by atoms with Gasteiger partial charge in [-0.05, 0) is 70.6 Å². The summed E-state index contributed by atoms with van der Waals surface area (Å²) in [6.07, 6.45) is 39.4. The summed E-state index contributed by atoms with van der Waals surface area (Å²) in [6.45, 7) is 1.67. The van der Waals surface area contributed by atoms with Crippen molar-refractivity contribution in [3.05, 3.63) is 85.1 Å². The smallest absolute Gasteiger partial charge is 0.220 e. The number of nitrogens with one attached hydrogen (secondary N) is 1. The Balaban J connectivity index is 1.39. The monoisotopic (exact) mass is 1280 g/mol. The minimum atomic E-state index is -1.98. The predicted octanol–water partition coefficient (Wildman–Crippen LogP) is 9.10. The largest absolute Gasteiger partial charge is 0.394 e. The van der Waals surface area contributed by atoms with Crippen LogP contribution in [0, 0.1) is 0 Å². The molecule has 3 saturated heterocycles. The van der Waals surface area contributed by atoms with Crippen LogP contribution in [-0.2, 0) is 33.2 Å². The Morgan fingerprint density at radius 3 is 1.20 bits per heavy atom. The lowest BCUT2D eigenvalue weighted by Gasteiger charge is -2.48. The van der Waals surface area contributed by atoms with E-state index in [0.717, 1.165) is 103 Å². The normalized spacial score (nSPS) is 28.6. The molecule has 0 aromatic carbocycles. The molecule has 17 atom stereocenters. The Kier molecular flexibility index (Phi) is 47.2. The fourth-order valence-electron chi connectivity index (χ4n) is 11.4. The van der Waals surface area contributed by atoms with E-state index in [2.05, 4.69) is 104 Å². The third kappa shape index (κ3) is 33.9. The van der Waals surface area contributed by atoms with Crippen molar-refractivity contribution in [2.24, 2.45) is 0 Å². The van der Waals surface area contributed by atoms with Gasteiger partial charge in [0.25, 0.3) is 0 Å². The third-order valence-corrected chi connectivity index (χ3v) is 17.0. The standard InChI is InChI=1S/C71H123NO18/c1-3-5-7-9-11-13-15-17-19-20-21-22-23-24-25-26-27-28-29-30-31-32-33-34-35-37-39-41-43-45-47-49-59(77)72-54(55(76)48-46-44-42-40-38-36-18-16-14-12-10-8-6-4-2)53-85-69-65(83)62(80)67(57(51-74)87-69)90-71-66(84)63(81)68(58(52-75)88-71)89-70-64(82)61(79)60(78)56(50-73)86-70/h5,7,11,13,17,19,21-22,24-25,27-28,30-31,54-58,60-71,73-76,78-84H,3-4,6,8-10,12,14-16,18,20,23,26,29,32-53H2,1-2H3,(H,72,77)/b7-5-,13-11-,19-17-,22-21-,25-24-,28-27-,31-30-. The highest BCUT2D eigenvalue weighted by Crippen LogP contribution is 2.33. The van der Waals surface area contributed by atoms with Crippen molar-refractivity contribution in [1.82, 2.24) is 5.32 Å². The lowest BCUT2D eigenvalue weighted by atomic mass is 9.96. The molecule has 0 aliphatic carbocycles. The Morgan fingerprint density at radius 1 is 0.411 bits per heavy atom. The highest BCUT2D eigenvalue weighted by Gasteiger charge is 2.53. The molecule has 3 rings (SSSR count). The molecule has 19 nitrogen and oxygen atoms in total. The lowest BCUT2D eigenvalue weighted by Crippen LogP contribution is -2.66. The van der Waals surface area contributed by atoms with Crippen molar-refractivity contribution >= 4 is 5.91 Å². The van der Waals surface area contributed by atoms with Crippen LogP contribution in [0.5, 0.6) is 0 Å². The van der Waals surface area contributed by atoms with Crippen LogP contribution in [0.2, 0.25) is 0 Å². The van der Waals surface area contributed by atoms with Crippen molar-refractivity contribution in [3.63, 3.8) is 0 Å². The van der Waals surface area contributed by atoms with Gasteiger partial charge in [-0.2, -0.15) is 0 Å². The van der Waals surface area contributed by atoms with Gasteiger partial charge in [0.15, 0.2) is 18.9 Å². The first-order valence-electron chi connectivity index (χ1n) is 34.8. The molecule has 90 heavy (non-hydrogen) atoms.